The largest absolute Gasteiger partial charge is 0.482 e. The van der Waals surface area contributed by atoms with E-state index in [1.165, 1.54) is 4.90 Å². The molecule has 1 aromatic heterocycles. The van der Waals surface area contributed by atoms with Crippen molar-refractivity contribution in [2.24, 2.45) is 0 Å². The van der Waals surface area contributed by atoms with Gasteiger partial charge in [-0.25, -0.2) is 4.98 Å². The number of carbonyl (C=O) groups excluding carboxylic acids is 2. The van der Waals surface area contributed by atoms with Crippen LogP contribution >= 0.6 is 0 Å². The number of ether oxygens (including phenoxy) is 1. The van der Waals surface area contributed by atoms with E-state index >= 15 is 0 Å². The van der Waals surface area contributed by atoms with Crippen LogP contribution in [0.3, 0.4) is 0 Å². The number of aromatic nitrogens is 2. The molecule has 2 amide bonds. The van der Waals surface area contributed by atoms with Gasteiger partial charge in [-0.2, -0.15) is 0 Å². The van der Waals surface area contributed by atoms with Gasteiger partial charge in [-0.15, -0.1) is 0 Å². The molecule has 8 nitrogen and oxygen atoms in total. The van der Waals surface area contributed by atoms with E-state index in [9.17, 15) is 14.4 Å². The SMILES string of the molecule is CN(Cc1nc2ccccc2c(=O)[nH]1)C(=O)c1ccc2c(c1)NC(=O)CO2. The third-order valence-corrected chi connectivity index (χ3v) is 4.25. The van der Waals surface area contributed by atoms with Gasteiger partial charge < -0.3 is 19.9 Å². The second-order valence-electron chi connectivity index (χ2n) is 6.24. The molecule has 3 aromatic rings. The Balaban J connectivity index is 1.57. The third-order valence-electron chi connectivity index (χ3n) is 4.25. The van der Waals surface area contributed by atoms with Crippen molar-refractivity contribution in [3.63, 3.8) is 0 Å². The lowest BCUT2D eigenvalue weighted by Crippen LogP contribution is -2.29. The first-order valence-electron chi connectivity index (χ1n) is 8.31. The summed E-state index contributed by atoms with van der Waals surface area (Å²) < 4.78 is 5.29. The lowest BCUT2D eigenvalue weighted by molar-refractivity contribution is -0.118. The van der Waals surface area contributed by atoms with Gasteiger partial charge in [0.15, 0.2) is 6.61 Å². The summed E-state index contributed by atoms with van der Waals surface area (Å²) in [6.07, 6.45) is 0. The van der Waals surface area contributed by atoms with E-state index in [-0.39, 0.29) is 30.5 Å². The number of aromatic amines is 1. The van der Waals surface area contributed by atoms with Crippen LogP contribution in [0.1, 0.15) is 16.2 Å². The van der Waals surface area contributed by atoms with E-state index in [0.29, 0.717) is 33.7 Å². The highest BCUT2D eigenvalue weighted by Crippen LogP contribution is 2.28. The lowest BCUT2D eigenvalue weighted by atomic mass is 10.1. The van der Waals surface area contributed by atoms with Crippen LogP contribution in [0, 0.1) is 0 Å². The van der Waals surface area contributed by atoms with Crippen molar-refractivity contribution >= 4 is 28.4 Å². The number of hydrogen-bond acceptors (Lipinski definition) is 5. The van der Waals surface area contributed by atoms with Gasteiger partial charge in [0.1, 0.15) is 11.6 Å². The van der Waals surface area contributed by atoms with Gasteiger partial charge in [0.25, 0.3) is 17.4 Å². The van der Waals surface area contributed by atoms with Crippen molar-refractivity contribution in [1.29, 1.82) is 0 Å². The Bertz CT molecular complexity index is 1120. The maximum absolute atomic E-state index is 12.7. The number of hydrogen-bond donors (Lipinski definition) is 2. The summed E-state index contributed by atoms with van der Waals surface area (Å²) in [5, 5.41) is 3.18. The number of rotatable bonds is 3. The van der Waals surface area contributed by atoms with E-state index in [0.717, 1.165) is 0 Å². The number of benzene rings is 2. The molecule has 0 atom stereocenters. The van der Waals surface area contributed by atoms with E-state index < -0.39 is 0 Å². The fourth-order valence-electron chi connectivity index (χ4n) is 2.94. The second kappa shape index (κ2) is 6.56. The van der Waals surface area contributed by atoms with Crippen LogP contribution in [0.25, 0.3) is 10.9 Å². The van der Waals surface area contributed by atoms with Crippen molar-refractivity contribution < 1.29 is 14.3 Å². The number of para-hydroxylation sites is 1. The molecule has 0 aliphatic carbocycles. The Hall–Kier alpha value is -3.68. The Labute approximate surface area is 153 Å². The molecule has 27 heavy (non-hydrogen) atoms. The minimum Gasteiger partial charge on any atom is -0.482 e. The first-order valence-corrected chi connectivity index (χ1v) is 8.31. The normalized spacial score (nSPS) is 12.9. The van der Waals surface area contributed by atoms with E-state index in [4.69, 9.17) is 4.74 Å². The van der Waals surface area contributed by atoms with Crippen LogP contribution in [0.4, 0.5) is 5.69 Å². The summed E-state index contributed by atoms with van der Waals surface area (Å²) in [5.41, 5.74) is 1.18. The third kappa shape index (κ3) is 3.24. The maximum atomic E-state index is 12.7. The van der Waals surface area contributed by atoms with Gasteiger partial charge >= 0.3 is 0 Å². The van der Waals surface area contributed by atoms with Gasteiger partial charge in [-0.1, -0.05) is 12.1 Å². The number of fused-ring (bicyclic) bond motifs is 2. The van der Waals surface area contributed by atoms with Gasteiger partial charge in [-0.05, 0) is 30.3 Å². The van der Waals surface area contributed by atoms with E-state index in [1.807, 2.05) is 0 Å². The quantitative estimate of drug-likeness (QED) is 0.733. The molecule has 1 aliphatic rings. The maximum Gasteiger partial charge on any atom is 0.262 e. The van der Waals surface area contributed by atoms with Crippen LogP contribution in [0.2, 0.25) is 0 Å². The fraction of sp³-hybridized carbons (Fsp3) is 0.158. The highest BCUT2D eigenvalue weighted by Gasteiger charge is 2.20. The molecule has 0 unspecified atom stereocenters. The molecule has 0 spiro atoms. The van der Waals surface area contributed by atoms with Crippen LogP contribution in [-0.2, 0) is 11.3 Å². The van der Waals surface area contributed by atoms with Crippen molar-refractivity contribution in [2.75, 3.05) is 19.0 Å². The van der Waals surface area contributed by atoms with Crippen LogP contribution in [0.5, 0.6) is 5.75 Å². The average molecular weight is 364 g/mol. The minimum atomic E-state index is -0.270. The predicted molar refractivity (Wildman–Crippen MR) is 98.7 cm³/mol. The van der Waals surface area contributed by atoms with Gasteiger partial charge in [0.2, 0.25) is 0 Å². The second-order valence-corrected chi connectivity index (χ2v) is 6.24. The highest BCUT2D eigenvalue weighted by molar-refractivity contribution is 5.99. The zero-order chi connectivity index (χ0) is 19.0. The molecule has 0 radical (unpaired) electrons. The van der Waals surface area contributed by atoms with Crippen molar-refractivity contribution in [2.45, 2.75) is 6.54 Å². The number of carbonyl (C=O) groups is 2. The van der Waals surface area contributed by atoms with Crippen molar-refractivity contribution in [3.8, 4) is 5.75 Å². The number of nitrogens with zero attached hydrogens (tertiary/aromatic N) is 2. The molecule has 2 aromatic carbocycles. The summed E-state index contributed by atoms with van der Waals surface area (Å²) in [5.74, 6) is 0.380. The van der Waals surface area contributed by atoms with Crippen LogP contribution in [-0.4, -0.2) is 40.3 Å². The number of H-pyrrole nitrogens is 1. The molecule has 4 rings (SSSR count). The summed E-state index contributed by atoms with van der Waals surface area (Å²) in [6, 6.07) is 11.9. The topological polar surface area (TPSA) is 104 Å². The molecular weight excluding hydrogens is 348 g/mol. The molecule has 2 N–H and O–H groups in total. The van der Waals surface area contributed by atoms with Gasteiger partial charge in [0.05, 0.1) is 23.1 Å². The highest BCUT2D eigenvalue weighted by atomic mass is 16.5. The van der Waals surface area contributed by atoms with E-state index in [1.54, 1.807) is 49.5 Å². The zero-order valence-electron chi connectivity index (χ0n) is 14.5. The first-order chi connectivity index (χ1) is 13.0. The summed E-state index contributed by atoms with van der Waals surface area (Å²) in [6.45, 7) is 0.0973. The predicted octanol–water partition coefficient (Wildman–Crippen LogP) is 1.53. The molecule has 1 aliphatic heterocycles. The molecule has 2 heterocycles. The van der Waals surface area contributed by atoms with Crippen molar-refractivity contribution in [3.05, 3.63) is 64.2 Å². The monoisotopic (exact) mass is 364 g/mol. The molecule has 0 saturated heterocycles. The Morgan fingerprint density at radius 3 is 2.89 bits per heavy atom. The standard InChI is InChI=1S/C19H16N4O4/c1-23(9-16-20-13-5-3-2-4-12(13)18(25)22-16)19(26)11-6-7-15-14(8-11)21-17(24)10-27-15/h2-8H,9-10H2,1H3,(H,21,24)(H,20,22,25). The number of anilines is 1. The zero-order valence-corrected chi connectivity index (χ0v) is 14.5. The minimum absolute atomic E-state index is 0.0405. The number of amides is 2. The Morgan fingerprint density at radius 2 is 2.04 bits per heavy atom. The lowest BCUT2D eigenvalue weighted by Gasteiger charge is -2.20. The Morgan fingerprint density at radius 1 is 1.22 bits per heavy atom. The molecule has 136 valence electrons. The summed E-state index contributed by atoms with van der Waals surface area (Å²) >= 11 is 0. The number of nitrogens with one attached hydrogen (secondary N) is 2. The smallest absolute Gasteiger partial charge is 0.262 e. The van der Waals surface area contributed by atoms with Crippen LogP contribution < -0.4 is 15.6 Å². The molecule has 0 fully saturated rings. The molecule has 0 saturated carbocycles. The van der Waals surface area contributed by atoms with Crippen molar-refractivity contribution in [1.82, 2.24) is 14.9 Å². The average Bonchev–Trinajstić information content (AvgIpc) is 2.66. The summed E-state index contributed by atoms with van der Waals surface area (Å²) in [7, 11) is 1.62. The van der Waals surface area contributed by atoms with E-state index in [2.05, 4.69) is 15.3 Å². The molecule has 8 heteroatoms. The first kappa shape index (κ1) is 16.8. The molecular formula is C19H16N4O4. The van der Waals surface area contributed by atoms with Gasteiger partial charge in [0, 0.05) is 12.6 Å². The van der Waals surface area contributed by atoms with Crippen LogP contribution in [0.15, 0.2) is 47.3 Å². The summed E-state index contributed by atoms with van der Waals surface area (Å²) in [4.78, 5) is 44.9. The molecule has 0 bridgehead atoms. The van der Waals surface area contributed by atoms with Gasteiger partial charge in [-0.3, -0.25) is 14.4 Å². The Kier molecular flexibility index (Phi) is 4.08. The fourth-order valence-corrected chi connectivity index (χ4v) is 2.94.